The Balaban J connectivity index is 1.09. The highest BCUT2D eigenvalue weighted by atomic mass is 16.6. The number of hydrogen-bond donors (Lipinski definition) is 2. The maximum Gasteiger partial charge on any atom is 0.410 e. The van der Waals surface area contributed by atoms with E-state index in [-0.39, 0.29) is 23.3 Å². The summed E-state index contributed by atoms with van der Waals surface area (Å²) >= 11 is 0. The highest BCUT2D eigenvalue weighted by molar-refractivity contribution is 6.24. The molecule has 3 aliphatic rings. The summed E-state index contributed by atoms with van der Waals surface area (Å²) in [4.78, 5) is 43.0. The van der Waals surface area contributed by atoms with Crippen molar-refractivity contribution in [3.63, 3.8) is 0 Å². The second-order valence-electron chi connectivity index (χ2n) is 12.7. The highest BCUT2D eigenvalue weighted by Crippen LogP contribution is 2.41. The zero-order valence-electron chi connectivity index (χ0n) is 25.3. The van der Waals surface area contributed by atoms with Crippen molar-refractivity contribution in [2.45, 2.75) is 45.3 Å². The average Bonchev–Trinajstić information content (AvgIpc) is 3.34. The number of hydrogen-bond acceptors (Lipinski definition) is 7. The molecule has 2 N–H and O–H groups in total. The lowest BCUT2D eigenvalue weighted by Gasteiger charge is -2.53. The van der Waals surface area contributed by atoms with Crippen LogP contribution >= 0.6 is 0 Å². The quantitative estimate of drug-likeness (QED) is 0.394. The molecule has 3 aromatic rings. The lowest BCUT2D eigenvalue weighted by molar-refractivity contribution is -0.118. The van der Waals surface area contributed by atoms with E-state index in [0.717, 1.165) is 24.1 Å². The maximum atomic E-state index is 13.6. The number of para-hydroxylation sites is 1. The second kappa shape index (κ2) is 11.8. The standard InChI is InChI=1S/C34H38N6O4/c1-33(2,3)44-32(43)38-20-18-34(19-21-38)22-39(23-34)30(41)25-14-16-27(17-15-25)40-31(42)29(36-35-26-12-8-5-9-13-26)28(37-40)24-10-6-4-7-11-24/h4-17,29,35-36H,18-23H2,1-3H3. The van der Waals surface area contributed by atoms with Crippen molar-refractivity contribution in [1.29, 1.82) is 0 Å². The molecular formula is C34H38N6O4. The van der Waals surface area contributed by atoms with Gasteiger partial charge in [0.1, 0.15) is 5.60 Å². The van der Waals surface area contributed by atoms with Crippen LogP contribution in [0.15, 0.2) is 90.0 Å². The molecule has 0 aliphatic carbocycles. The summed E-state index contributed by atoms with van der Waals surface area (Å²) in [6.45, 7) is 8.23. The summed E-state index contributed by atoms with van der Waals surface area (Å²) in [6.07, 6.45) is 1.43. The van der Waals surface area contributed by atoms with Crippen molar-refractivity contribution < 1.29 is 19.1 Å². The van der Waals surface area contributed by atoms with Gasteiger partial charge in [-0.2, -0.15) is 10.1 Å². The number of piperidine rings is 1. The third-order valence-electron chi connectivity index (χ3n) is 8.32. The number of anilines is 2. The fourth-order valence-electron chi connectivity index (χ4n) is 5.92. The van der Waals surface area contributed by atoms with E-state index in [4.69, 9.17) is 9.84 Å². The van der Waals surface area contributed by atoms with Crippen molar-refractivity contribution in [3.05, 3.63) is 96.1 Å². The van der Waals surface area contributed by atoms with E-state index in [1.165, 1.54) is 5.01 Å². The summed E-state index contributed by atoms with van der Waals surface area (Å²) in [5.41, 5.74) is 9.21. The van der Waals surface area contributed by atoms with E-state index >= 15 is 0 Å². The second-order valence-corrected chi connectivity index (χ2v) is 12.7. The van der Waals surface area contributed by atoms with Crippen molar-refractivity contribution in [3.8, 4) is 0 Å². The summed E-state index contributed by atoms with van der Waals surface area (Å²) in [7, 11) is 0. The van der Waals surface area contributed by atoms with Gasteiger partial charge in [0.05, 0.1) is 11.4 Å². The topological polar surface area (TPSA) is 107 Å². The Labute approximate surface area is 257 Å². The van der Waals surface area contributed by atoms with Gasteiger partial charge in [-0.15, -0.1) is 0 Å². The summed E-state index contributed by atoms with van der Waals surface area (Å²) in [5.74, 6) is -0.265. The molecule has 10 nitrogen and oxygen atoms in total. The van der Waals surface area contributed by atoms with Gasteiger partial charge in [-0.3, -0.25) is 9.59 Å². The lowest BCUT2D eigenvalue weighted by atomic mass is 9.72. The minimum absolute atomic E-state index is 0.0374. The number of nitrogens with zero attached hydrogens (tertiary/aromatic N) is 4. The number of rotatable bonds is 6. The molecule has 0 saturated carbocycles. The lowest BCUT2D eigenvalue weighted by Crippen LogP contribution is -2.62. The molecule has 44 heavy (non-hydrogen) atoms. The minimum atomic E-state index is -0.710. The summed E-state index contributed by atoms with van der Waals surface area (Å²) in [5, 5.41) is 6.09. The van der Waals surface area contributed by atoms with Gasteiger partial charge in [-0.05, 0) is 70.0 Å². The molecule has 10 heteroatoms. The molecule has 0 aromatic heterocycles. The summed E-state index contributed by atoms with van der Waals surface area (Å²) in [6, 6.07) is 25.5. The molecule has 3 aliphatic heterocycles. The normalized spacial score (nSPS) is 19.4. The fraction of sp³-hybridized carbons (Fsp3) is 0.353. The Hall–Kier alpha value is -4.70. The Kier molecular flexibility index (Phi) is 7.85. The van der Waals surface area contributed by atoms with Crippen LogP contribution in [0.5, 0.6) is 0 Å². The van der Waals surface area contributed by atoms with E-state index in [1.807, 2.05) is 86.3 Å². The number of carbonyl (C=O) groups is 3. The number of nitrogens with one attached hydrogen (secondary N) is 2. The molecule has 2 saturated heterocycles. The zero-order valence-corrected chi connectivity index (χ0v) is 25.3. The first-order valence-electron chi connectivity index (χ1n) is 15.0. The van der Waals surface area contributed by atoms with Gasteiger partial charge in [-0.25, -0.2) is 10.2 Å². The zero-order chi connectivity index (χ0) is 30.9. The van der Waals surface area contributed by atoms with Crippen LogP contribution in [-0.2, 0) is 9.53 Å². The van der Waals surface area contributed by atoms with Crippen molar-refractivity contribution in [2.75, 3.05) is 36.6 Å². The first-order valence-corrected chi connectivity index (χ1v) is 15.0. The number of benzene rings is 3. The van der Waals surface area contributed by atoms with Gasteiger partial charge in [0.2, 0.25) is 0 Å². The van der Waals surface area contributed by atoms with Crippen LogP contribution in [0.25, 0.3) is 0 Å². The van der Waals surface area contributed by atoms with Crippen molar-refractivity contribution in [1.82, 2.24) is 15.2 Å². The SMILES string of the molecule is CC(C)(C)OC(=O)N1CCC2(CC1)CN(C(=O)c1ccc(N3N=C(c4ccccc4)C(NNc4ccccc4)C3=O)cc1)C2. The van der Waals surface area contributed by atoms with Gasteiger partial charge in [0.25, 0.3) is 11.8 Å². The maximum absolute atomic E-state index is 13.6. The predicted molar refractivity (Wildman–Crippen MR) is 169 cm³/mol. The van der Waals surface area contributed by atoms with Crippen LogP contribution in [0, 0.1) is 5.41 Å². The molecule has 1 spiro atoms. The minimum Gasteiger partial charge on any atom is -0.444 e. The van der Waals surface area contributed by atoms with Crippen LogP contribution in [0.4, 0.5) is 16.2 Å². The molecule has 228 valence electrons. The van der Waals surface area contributed by atoms with E-state index < -0.39 is 11.6 Å². The molecule has 3 heterocycles. The smallest absolute Gasteiger partial charge is 0.410 e. The van der Waals surface area contributed by atoms with Crippen LogP contribution < -0.4 is 15.9 Å². The van der Waals surface area contributed by atoms with Gasteiger partial charge < -0.3 is 20.0 Å². The fourth-order valence-corrected chi connectivity index (χ4v) is 5.92. The van der Waals surface area contributed by atoms with E-state index in [9.17, 15) is 14.4 Å². The number of amides is 3. The van der Waals surface area contributed by atoms with Gasteiger partial charge in [-0.1, -0.05) is 48.5 Å². The third kappa shape index (κ3) is 6.16. The molecule has 6 rings (SSSR count). The summed E-state index contributed by atoms with van der Waals surface area (Å²) < 4.78 is 5.52. The monoisotopic (exact) mass is 594 g/mol. The number of carbonyl (C=O) groups excluding carboxylic acids is 3. The molecule has 1 unspecified atom stereocenters. The first kappa shape index (κ1) is 29.4. The molecule has 3 aromatic carbocycles. The predicted octanol–water partition coefficient (Wildman–Crippen LogP) is 4.90. The highest BCUT2D eigenvalue weighted by Gasteiger charge is 2.47. The van der Waals surface area contributed by atoms with E-state index in [0.29, 0.717) is 43.1 Å². The molecular weight excluding hydrogens is 556 g/mol. The number of likely N-dealkylation sites (tertiary alicyclic amines) is 2. The van der Waals surface area contributed by atoms with Crippen LogP contribution in [0.3, 0.4) is 0 Å². The van der Waals surface area contributed by atoms with Crippen molar-refractivity contribution in [2.24, 2.45) is 10.5 Å². The van der Waals surface area contributed by atoms with Gasteiger partial charge in [0.15, 0.2) is 6.04 Å². The molecule has 2 fully saturated rings. The third-order valence-corrected chi connectivity index (χ3v) is 8.32. The number of hydrazone groups is 1. The Morgan fingerprint density at radius 2 is 1.48 bits per heavy atom. The van der Waals surface area contributed by atoms with Gasteiger partial charge in [0, 0.05) is 48.4 Å². The largest absolute Gasteiger partial charge is 0.444 e. The van der Waals surface area contributed by atoms with Crippen molar-refractivity contribution >= 4 is 35.0 Å². The van der Waals surface area contributed by atoms with Crippen LogP contribution in [0.2, 0.25) is 0 Å². The first-order chi connectivity index (χ1) is 21.1. The van der Waals surface area contributed by atoms with Crippen LogP contribution in [0.1, 0.15) is 49.5 Å². The van der Waals surface area contributed by atoms with Gasteiger partial charge >= 0.3 is 6.09 Å². The number of ether oxygens (including phenoxy) is 1. The number of hydrazine groups is 1. The Morgan fingerprint density at radius 1 is 0.864 bits per heavy atom. The average molecular weight is 595 g/mol. The Bertz CT molecular complexity index is 1540. The van der Waals surface area contributed by atoms with E-state index in [2.05, 4.69) is 10.9 Å². The molecule has 1 atom stereocenters. The molecule has 0 radical (unpaired) electrons. The van der Waals surface area contributed by atoms with E-state index in [1.54, 1.807) is 29.2 Å². The van der Waals surface area contributed by atoms with Crippen LogP contribution in [-0.4, -0.2) is 71.2 Å². The molecule has 3 amide bonds. The molecule has 0 bridgehead atoms. The Morgan fingerprint density at radius 3 is 2.09 bits per heavy atom.